The number of hydrogen-bond donors (Lipinski definition) is 2. The van der Waals surface area contributed by atoms with Gasteiger partial charge in [-0.25, -0.2) is 4.39 Å². The zero-order valence-electron chi connectivity index (χ0n) is 10.2. The second kappa shape index (κ2) is 6.01. The van der Waals surface area contributed by atoms with Crippen molar-refractivity contribution in [3.05, 3.63) is 29.6 Å². The van der Waals surface area contributed by atoms with Crippen molar-refractivity contribution in [2.24, 2.45) is 5.73 Å². The molecule has 0 aromatic heterocycles. The van der Waals surface area contributed by atoms with Gasteiger partial charge in [-0.2, -0.15) is 0 Å². The Bertz CT molecular complexity index is 359. The van der Waals surface area contributed by atoms with Crippen molar-refractivity contribution in [3.8, 4) is 0 Å². The number of hydrogen-bond acceptors (Lipinski definition) is 2. The third kappa shape index (κ3) is 3.19. The molecule has 0 spiro atoms. The first-order valence-corrected chi connectivity index (χ1v) is 6.55. The zero-order valence-corrected chi connectivity index (χ0v) is 10.2. The standard InChI is InChI=1S/C14H21FN2/c15-13-7-4-8-14(12(13)9-10-16)17-11-5-2-1-3-6-11/h4,7-8,11,17H,1-3,5-6,9-10,16H2. The van der Waals surface area contributed by atoms with E-state index in [4.69, 9.17) is 5.73 Å². The Hall–Kier alpha value is -1.09. The summed E-state index contributed by atoms with van der Waals surface area (Å²) in [5, 5.41) is 3.48. The van der Waals surface area contributed by atoms with E-state index in [9.17, 15) is 4.39 Å². The van der Waals surface area contributed by atoms with Gasteiger partial charge >= 0.3 is 0 Å². The Morgan fingerprint density at radius 3 is 2.71 bits per heavy atom. The summed E-state index contributed by atoms with van der Waals surface area (Å²) < 4.78 is 13.7. The lowest BCUT2D eigenvalue weighted by Crippen LogP contribution is -2.23. The van der Waals surface area contributed by atoms with Crippen molar-refractivity contribution in [3.63, 3.8) is 0 Å². The highest BCUT2D eigenvalue weighted by Gasteiger charge is 2.15. The van der Waals surface area contributed by atoms with E-state index in [1.807, 2.05) is 6.07 Å². The fourth-order valence-electron chi connectivity index (χ4n) is 2.56. The fraction of sp³-hybridized carbons (Fsp3) is 0.571. The van der Waals surface area contributed by atoms with Gasteiger partial charge in [-0.15, -0.1) is 0 Å². The number of nitrogens with one attached hydrogen (secondary N) is 1. The van der Waals surface area contributed by atoms with E-state index in [1.165, 1.54) is 38.2 Å². The van der Waals surface area contributed by atoms with Crippen LogP contribution in [0.15, 0.2) is 18.2 Å². The number of anilines is 1. The normalized spacial score (nSPS) is 17.1. The molecule has 0 amide bonds. The van der Waals surface area contributed by atoms with Crippen LogP contribution >= 0.6 is 0 Å². The summed E-state index contributed by atoms with van der Waals surface area (Å²) in [5.74, 6) is -0.142. The van der Waals surface area contributed by atoms with Crippen LogP contribution in [0.25, 0.3) is 0 Å². The van der Waals surface area contributed by atoms with Crippen molar-refractivity contribution >= 4 is 5.69 Å². The highest BCUT2D eigenvalue weighted by atomic mass is 19.1. The predicted octanol–water partition coefficient (Wildman–Crippen LogP) is 3.07. The molecule has 94 valence electrons. The molecule has 1 aliphatic rings. The maximum atomic E-state index is 13.7. The van der Waals surface area contributed by atoms with E-state index in [-0.39, 0.29) is 5.82 Å². The fourth-order valence-corrected chi connectivity index (χ4v) is 2.56. The maximum Gasteiger partial charge on any atom is 0.128 e. The molecule has 2 nitrogen and oxygen atoms in total. The van der Waals surface area contributed by atoms with Gasteiger partial charge in [-0.05, 0) is 37.9 Å². The predicted molar refractivity (Wildman–Crippen MR) is 69.7 cm³/mol. The molecular formula is C14H21FN2. The molecule has 1 aliphatic carbocycles. The van der Waals surface area contributed by atoms with Gasteiger partial charge in [0.2, 0.25) is 0 Å². The largest absolute Gasteiger partial charge is 0.382 e. The van der Waals surface area contributed by atoms with E-state index in [2.05, 4.69) is 5.32 Å². The maximum absolute atomic E-state index is 13.7. The second-order valence-electron chi connectivity index (χ2n) is 4.78. The molecule has 0 aliphatic heterocycles. The van der Waals surface area contributed by atoms with Crippen LogP contribution in [0.4, 0.5) is 10.1 Å². The number of halogens is 1. The van der Waals surface area contributed by atoms with Crippen LogP contribution in [-0.4, -0.2) is 12.6 Å². The Morgan fingerprint density at radius 1 is 1.24 bits per heavy atom. The first-order chi connectivity index (χ1) is 8.31. The smallest absolute Gasteiger partial charge is 0.128 e. The van der Waals surface area contributed by atoms with Gasteiger partial charge in [0.1, 0.15) is 5.82 Å². The lowest BCUT2D eigenvalue weighted by atomic mass is 9.95. The van der Waals surface area contributed by atoms with Crippen LogP contribution < -0.4 is 11.1 Å². The molecule has 3 heteroatoms. The second-order valence-corrected chi connectivity index (χ2v) is 4.78. The van der Waals surface area contributed by atoms with Crippen molar-refractivity contribution < 1.29 is 4.39 Å². The minimum Gasteiger partial charge on any atom is -0.382 e. The molecule has 1 aromatic carbocycles. The van der Waals surface area contributed by atoms with Gasteiger partial charge < -0.3 is 11.1 Å². The number of rotatable bonds is 4. The third-order valence-electron chi connectivity index (χ3n) is 3.48. The molecule has 1 fully saturated rings. The minimum atomic E-state index is -0.142. The van der Waals surface area contributed by atoms with Crippen molar-refractivity contribution in [1.82, 2.24) is 0 Å². The van der Waals surface area contributed by atoms with Crippen molar-refractivity contribution in [1.29, 1.82) is 0 Å². The Labute approximate surface area is 102 Å². The Balaban J connectivity index is 2.10. The molecule has 1 saturated carbocycles. The summed E-state index contributed by atoms with van der Waals surface area (Å²) in [4.78, 5) is 0. The monoisotopic (exact) mass is 236 g/mol. The van der Waals surface area contributed by atoms with Gasteiger partial charge in [-0.3, -0.25) is 0 Å². The average molecular weight is 236 g/mol. The molecule has 17 heavy (non-hydrogen) atoms. The van der Waals surface area contributed by atoms with Crippen molar-refractivity contribution in [2.45, 2.75) is 44.6 Å². The molecule has 0 saturated heterocycles. The first kappa shape index (κ1) is 12.4. The average Bonchev–Trinajstić information content (AvgIpc) is 2.35. The topological polar surface area (TPSA) is 38.0 Å². The summed E-state index contributed by atoms with van der Waals surface area (Å²) in [6.45, 7) is 0.486. The van der Waals surface area contributed by atoms with E-state index >= 15 is 0 Å². The van der Waals surface area contributed by atoms with Crippen molar-refractivity contribution in [2.75, 3.05) is 11.9 Å². The van der Waals surface area contributed by atoms with E-state index in [1.54, 1.807) is 6.07 Å². The molecule has 0 radical (unpaired) electrons. The highest BCUT2D eigenvalue weighted by molar-refractivity contribution is 5.52. The SMILES string of the molecule is NCCc1c(F)cccc1NC1CCCCC1. The number of nitrogens with two attached hydrogens (primary N) is 1. The van der Waals surface area contributed by atoms with Crippen LogP contribution in [0, 0.1) is 5.82 Å². The van der Waals surface area contributed by atoms with Crippen LogP contribution in [0.2, 0.25) is 0 Å². The van der Waals surface area contributed by atoms with Gasteiger partial charge in [0, 0.05) is 17.3 Å². The van der Waals surface area contributed by atoms with Gasteiger partial charge in [0.05, 0.1) is 0 Å². The van der Waals surface area contributed by atoms with Crippen LogP contribution in [0.1, 0.15) is 37.7 Å². The molecule has 0 unspecified atom stereocenters. The number of benzene rings is 1. The molecule has 2 rings (SSSR count). The van der Waals surface area contributed by atoms with E-state index in [0.717, 1.165) is 11.3 Å². The summed E-state index contributed by atoms with van der Waals surface area (Å²) in [5.41, 5.74) is 7.21. The summed E-state index contributed by atoms with van der Waals surface area (Å²) >= 11 is 0. The minimum absolute atomic E-state index is 0.142. The molecule has 0 atom stereocenters. The Morgan fingerprint density at radius 2 is 2.00 bits per heavy atom. The molecule has 3 N–H and O–H groups in total. The Kier molecular flexibility index (Phi) is 4.37. The van der Waals surface area contributed by atoms with Gasteiger partial charge in [0.15, 0.2) is 0 Å². The lowest BCUT2D eigenvalue weighted by molar-refractivity contribution is 0.462. The first-order valence-electron chi connectivity index (χ1n) is 6.55. The molecule has 1 aromatic rings. The summed E-state index contributed by atoms with van der Waals surface area (Å²) in [6.07, 6.45) is 6.87. The summed E-state index contributed by atoms with van der Waals surface area (Å²) in [6, 6.07) is 5.74. The zero-order chi connectivity index (χ0) is 12.1. The third-order valence-corrected chi connectivity index (χ3v) is 3.48. The van der Waals surface area contributed by atoms with Crippen LogP contribution in [0.5, 0.6) is 0 Å². The molecular weight excluding hydrogens is 215 g/mol. The molecule has 0 bridgehead atoms. The summed E-state index contributed by atoms with van der Waals surface area (Å²) in [7, 11) is 0. The van der Waals surface area contributed by atoms with Crippen LogP contribution in [0.3, 0.4) is 0 Å². The van der Waals surface area contributed by atoms with E-state index < -0.39 is 0 Å². The van der Waals surface area contributed by atoms with E-state index in [0.29, 0.717) is 19.0 Å². The molecule has 0 heterocycles. The van der Waals surface area contributed by atoms with Crippen LogP contribution in [-0.2, 0) is 6.42 Å². The quantitative estimate of drug-likeness (QED) is 0.843. The lowest BCUT2D eigenvalue weighted by Gasteiger charge is -2.25. The van der Waals surface area contributed by atoms with Gasteiger partial charge in [-0.1, -0.05) is 25.3 Å². The van der Waals surface area contributed by atoms with Gasteiger partial charge in [0.25, 0.3) is 0 Å². The highest BCUT2D eigenvalue weighted by Crippen LogP contribution is 2.25.